The van der Waals surface area contributed by atoms with E-state index in [1.165, 1.54) is 0 Å². The summed E-state index contributed by atoms with van der Waals surface area (Å²) in [6, 6.07) is 5.41. The van der Waals surface area contributed by atoms with Gasteiger partial charge < -0.3 is 18.9 Å². The van der Waals surface area contributed by atoms with Crippen molar-refractivity contribution < 1.29 is 38.1 Å². The number of ether oxygens (including phenoxy) is 4. The van der Waals surface area contributed by atoms with E-state index in [4.69, 9.17) is 30.5 Å². The third-order valence-electron chi connectivity index (χ3n) is 4.92. The highest BCUT2D eigenvalue weighted by Gasteiger charge is 2.69. The predicted octanol–water partition coefficient (Wildman–Crippen LogP) is 1.43. The number of esters is 4. The largest absolute Gasteiger partial charge is 0.469 e. The zero-order valence-corrected chi connectivity index (χ0v) is 17.9. The predicted molar refractivity (Wildman–Crippen MR) is 104 cm³/mol. The number of hydrogen-bond donors (Lipinski definition) is 1. The van der Waals surface area contributed by atoms with Crippen LogP contribution in [0.3, 0.4) is 0 Å². The Labute approximate surface area is 178 Å². The Morgan fingerprint density at radius 1 is 0.933 bits per heavy atom. The Balaban J connectivity index is 2.75. The van der Waals surface area contributed by atoms with Crippen molar-refractivity contribution in [2.75, 3.05) is 27.4 Å². The maximum Gasteiger partial charge on any atom is 0.339 e. The van der Waals surface area contributed by atoms with Gasteiger partial charge in [0, 0.05) is 11.1 Å². The normalized spacial score (nSPS) is 22.1. The molecule has 0 saturated carbocycles. The van der Waals surface area contributed by atoms with Crippen LogP contribution in [0.25, 0.3) is 0 Å². The molecule has 1 N–H and O–H groups in total. The van der Waals surface area contributed by atoms with Gasteiger partial charge in [-0.05, 0) is 31.5 Å². The first kappa shape index (κ1) is 23.6. The van der Waals surface area contributed by atoms with Gasteiger partial charge >= 0.3 is 23.9 Å². The zero-order chi connectivity index (χ0) is 22.5. The van der Waals surface area contributed by atoms with Crippen LogP contribution in [0.1, 0.15) is 25.5 Å². The van der Waals surface area contributed by atoms with E-state index in [-0.39, 0.29) is 13.2 Å². The van der Waals surface area contributed by atoms with E-state index in [0.29, 0.717) is 10.6 Å². The molecule has 1 fully saturated rings. The molecular weight excluding hydrogens is 418 g/mol. The molecule has 0 unspecified atom stereocenters. The molecule has 1 aromatic rings. The zero-order valence-electron chi connectivity index (χ0n) is 17.1. The maximum atomic E-state index is 13.0. The fourth-order valence-electron chi connectivity index (χ4n) is 3.65. The van der Waals surface area contributed by atoms with E-state index < -0.39 is 47.3 Å². The molecule has 1 aromatic carbocycles. The molecule has 0 amide bonds. The molecule has 9 nitrogen and oxygen atoms in total. The summed E-state index contributed by atoms with van der Waals surface area (Å²) in [7, 11) is 2.23. The van der Waals surface area contributed by atoms with E-state index in [0.717, 1.165) is 14.2 Å². The molecule has 1 aliphatic rings. The lowest BCUT2D eigenvalue weighted by atomic mass is 9.77. The molecule has 164 valence electrons. The molecule has 3 atom stereocenters. The first-order valence-corrected chi connectivity index (χ1v) is 9.69. The van der Waals surface area contributed by atoms with Crippen LogP contribution in [-0.4, -0.2) is 56.8 Å². The highest BCUT2D eigenvalue weighted by Crippen LogP contribution is 2.46. The van der Waals surface area contributed by atoms with Crippen LogP contribution >= 0.6 is 11.6 Å². The molecule has 10 heteroatoms. The summed E-state index contributed by atoms with van der Waals surface area (Å²) < 4.78 is 19.9. The minimum absolute atomic E-state index is 0.0654. The molecule has 0 bridgehead atoms. The van der Waals surface area contributed by atoms with Gasteiger partial charge in [0.1, 0.15) is 5.92 Å². The second-order valence-electron chi connectivity index (χ2n) is 6.47. The molecule has 0 aromatic heterocycles. The lowest BCUT2D eigenvalue weighted by Gasteiger charge is -2.30. The van der Waals surface area contributed by atoms with Crippen molar-refractivity contribution in [3.63, 3.8) is 0 Å². The minimum atomic E-state index is -2.30. The first-order chi connectivity index (χ1) is 14.3. The van der Waals surface area contributed by atoms with Crippen LogP contribution in [0.2, 0.25) is 5.02 Å². The van der Waals surface area contributed by atoms with Crippen molar-refractivity contribution in [3.05, 3.63) is 34.9 Å². The van der Waals surface area contributed by atoms with Gasteiger partial charge in [-0.3, -0.25) is 14.9 Å². The number of benzene rings is 1. The Hall–Kier alpha value is -2.65. The van der Waals surface area contributed by atoms with Crippen LogP contribution in [0.4, 0.5) is 0 Å². The van der Waals surface area contributed by atoms with Gasteiger partial charge in [-0.15, -0.1) is 0 Å². The van der Waals surface area contributed by atoms with Crippen LogP contribution in [0.5, 0.6) is 0 Å². The van der Waals surface area contributed by atoms with E-state index in [9.17, 15) is 19.2 Å². The maximum absolute atomic E-state index is 13.0. The minimum Gasteiger partial charge on any atom is -0.469 e. The van der Waals surface area contributed by atoms with Crippen molar-refractivity contribution >= 4 is 35.5 Å². The van der Waals surface area contributed by atoms with Gasteiger partial charge in [-0.2, -0.15) is 0 Å². The van der Waals surface area contributed by atoms with E-state index >= 15 is 0 Å². The van der Waals surface area contributed by atoms with E-state index in [1.54, 1.807) is 38.1 Å². The number of methoxy groups -OCH3 is 2. The second-order valence-corrected chi connectivity index (χ2v) is 6.91. The van der Waals surface area contributed by atoms with Crippen molar-refractivity contribution in [1.82, 2.24) is 5.32 Å². The standard InChI is InChI=1S/C20H24ClNO8/c1-5-29-18(25)20(19(26)30-6-2)14(17(24)28-4)13(16(23)27-3)15(22-20)11-7-9-12(21)10-8-11/h7-10,13-15,22H,5-6H2,1-4H3/t13-,14-,15-/m1/s1. The topological polar surface area (TPSA) is 117 Å². The number of hydrogen-bond acceptors (Lipinski definition) is 9. The van der Waals surface area contributed by atoms with Gasteiger partial charge in [0.05, 0.1) is 33.4 Å². The molecule has 1 saturated heterocycles. The van der Waals surface area contributed by atoms with Gasteiger partial charge in [0.15, 0.2) is 0 Å². The van der Waals surface area contributed by atoms with Crippen molar-refractivity contribution in [1.29, 1.82) is 0 Å². The second kappa shape index (κ2) is 9.90. The van der Waals surface area contributed by atoms with Crippen molar-refractivity contribution in [2.24, 2.45) is 11.8 Å². The SMILES string of the molecule is CCOC(=O)C1(C(=O)OCC)N[C@H](c2ccc(Cl)cc2)[C@H](C(=O)OC)[C@@H]1C(=O)OC. The quantitative estimate of drug-likeness (QED) is 0.381. The lowest BCUT2D eigenvalue weighted by molar-refractivity contribution is -0.175. The molecule has 2 rings (SSSR count). The average molecular weight is 442 g/mol. The Kier molecular flexibility index (Phi) is 7.80. The summed E-state index contributed by atoms with van der Waals surface area (Å²) in [4.78, 5) is 51.6. The number of halogens is 1. The fraction of sp³-hybridized carbons (Fsp3) is 0.500. The molecule has 30 heavy (non-hydrogen) atoms. The molecule has 0 radical (unpaired) electrons. The summed E-state index contributed by atoms with van der Waals surface area (Å²) in [5.41, 5.74) is -1.80. The smallest absolute Gasteiger partial charge is 0.339 e. The van der Waals surface area contributed by atoms with Crippen molar-refractivity contribution in [3.8, 4) is 0 Å². The van der Waals surface area contributed by atoms with Gasteiger partial charge in [-0.1, -0.05) is 23.7 Å². The van der Waals surface area contributed by atoms with Crippen LogP contribution in [0.15, 0.2) is 24.3 Å². The summed E-state index contributed by atoms with van der Waals surface area (Å²) in [6.07, 6.45) is 0. The van der Waals surface area contributed by atoms with Gasteiger partial charge in [0.25, 0.3) is 0 Å². The Morgan fingerprint density at radius 2 is 1.43 bits per heavy atom. The molecule has 1 heterocycles. The van der Waals surface area contributed by atoms with E-state index in [1.807, 2.05) is 0 Å². The Morgan fingerprint density at radius 3 is 1.87 bits per heavy atom. The average Bonchev–Trinajstić information content (AvgIpc) is 3.11. The third kappa shape index (κ3) is 4.13. The van der Waals surface area contributed by atoms with E-state index in [2.05, 4.69) is 5.32 Å². The van der Waals surface area contributed by atoms with Gasteiger partial charge in [0.2, 0.25) is 5.54 Å². The van der Waals surface area contributed by atoms with Crippen LogP contribution in [-0.2, 0) is 38.1 Å². The number of nitrogens with one attached hydrogen (secondary N) is 1. The third-order valence-corrected chi connectivity index (χ3v) is 5.17. The lowest BCUT2D eigenvalue weighted by Crippen LogP contribution is -2.62. The molecular formula is C20H24ClNO8. The molecule has 0 aliphatic carbocycles. The molecule has 0 spiro atoms. The first-order valence-electron chi connectivity index (χ1n) is 9.31. The number of rotatable bonds is 7. The van der Waals surface area contributed by atoms with Crippen LogP contribution < -0.4 is 5.32 Å². The monoisotopic (exact) mass is 441 g/mol. The van der Waals surface area contributed by atoms with Crippen molar-refractivity contribution in [2.45, 2.75) is 25.4 Å². The summed E-state index contributed by atoms with van der Waals surface area (Å²) in [5, 5.41) is 3.29. The highest BCUT2D eigenvalue weighted by molar-refractivity contribution is 6.30. The molecule has 1 aliphatic heterocycles. The Bertz CT molecular complexity index is 792. The highest BCUT2D eigenvalue weighted by atomic mass is 35.5. The fourth-order valence-corrected chi connectivity index (χ4v) is 3.78. The summed E-state index contributed by atoms with van der Waals surface area (Å²) in [6.45, 7) is 2.97. The summed E-state index contributed by atoms with van der Waals surface area (Å²) >= 11 is 5.95. The van der Waals surface area contributed by atoms with Crippen LogP contribution in [0, 0.1) is 11.8 Å². The number of carbonyl (C=O) groups is 4. The summed E-state index contributed by atoms with van der Waals surface area (Å²) in [5.74, 6) is -6.75. The van der Waals surface area contributed by atoms with Gasteiger partial charge in [-0.25, -0.2) is 9.59 Å². The number of carbonyl (C=O) groups excluding carboxylic acids is 4.